The lowest BCUT2D eigenvalue weighted by Gasteiger charge is -2.29. The van der Waals surface area contributed by atoms with Crippen LogP contribution in [0.25, 0.3) is 0 Å². The number of aromatic nitrogens is 1. The molecule has 5 heteroatoms. The van der Waals surface area contributed by atoms with E-state index in [0.717, 1.165) is 11.6 Å². The van der Waals surface area contributed by atoms with Gasteiger partial charge < -0.3 is 10.6 Å². The minimum atomic E-state index is -0.0403. The molecule has 0 saturated heterocycles. The Balaban J connectivity index is 1.96. The van der Waals surface area contributed by atoms with Gasteiger partial charge in [-0.2, -0.15) is 0 Å². The maximum Gasteiger partial charge on any atom is 0.271 e. The molecule has 1 aliphatic rings. The number of carbonyl (C=O) groups excluding carboxylic acids is 1. The minimum Gasteiger partial charge on any atom is -0.365 e. The summed E-state index contributed by atoms with van der Waals surface area (Å²) in [4.78, 5) is 16.2. The van der Waals surface area contributed by atoms with E-state index in [4.69, 9.17) is 0 Å². The molecule has 4 nitrogen and oxygen atoms in total. The smallest absolute Gasteiger partial charge is 0.271 e. The van der Waals surface area contributed by atoms with Crippen molar-refractivity contribution in [2.24, 2.45) is 5.92 Å². The van der Waals surface area contributed by atoms with Crippen molar-refractivity contribution >= 4 is 22.4 Å². The third kappa shape index (κ3) is 2.97. The largest absolute Gasteiger partial charge is 0.365 e. The van der Waals surface area contributed by atoms with Gasteiger partial charge in [-0.1, -0.05) is 19.8 Å². The number of carbonyl (C=O) groups is 1. The molecule has 0 bridgehead atoms. The van der Waals surface area contributed by atoms with E-state index in [1.807, 2.05) is 7.05 Å². The summed E-state index contributed by atoms with van der Waals surface area (Å²) in [6, 6.07) is 0.316. The lowest BCUT2D eigenvalue weighted by molar-refractivity contribution is 0.0906. The van der Waals surface area contributed by atoms with E-state index in [9.17, 15) is 4.79 Å². The fourth-order valence-corrected chi connectivity index (χ4v) is 2.92. The predicted octanol–water partition coefficient (Wildman–Crippen LogP) is 2.49. The third-order valence-corrected chi connectivity index (χ3v) is 4.24. The number of rotatable bonds is 3. The second-order valence-corrected chi connectivity index (χ2v) is 5.49. The maximum absolute atomic E-state index is 12.0. The molecule has 1 aromatic rings. The van der Waals surface area contributed by atoms with Gasteiger partial charge in [-0.15, -0.1) is 11.3 Å². The van der Waals surface area contributed by atoms with Crippen molar-refractivity contribution in [1.29, 1.82) is 0 Å². The molecule has 0 radical (unpaired) electrons. The van der Waals surface area contributed by atoms with Gasteiger partial charge in [-0.3, -0.25) is 4.79 Å². The molecule has 2 rings (SSSR count). The number of nitrogens with one attached hydrogen (secondary N) is 2. The summed E-state index contributed by atoms with van der Waals surface area (Å²) in [6.45, 7) is 2.21. The first-order valence-electron chi connectivity index (χ1n) is 6.15. The van der Waals surface area contributed by atoms with Gasteiger partial charge in [0.05, 0.1) is 0 Å². The van der Waals surface area contributed by atoms with Gasteiger partial charge in [0.15, 0.2) is 5.13 Å². The van der Waals surface area contributed by atoms with Gasteiger partial charge in [-0.05, 0) is 18.8 Å². The van der Waals surface area contributed by atoms with Crippen LogP contribution in [0.1, 0.15) is 43.1 Å². The molecule has 0 unspecified atom stereocenters. The second kappa shape index (κ2) is 5.49. The summed E-state index contributed by atoms with van der Waals surface area (Å²) < 4.78 is 0. The average Bonchev–Trinajstić information content (AvgIpc) is 2.81. The van der Waals surface area contributed by atoms with E-state index >= 15 is 0 Å². The molecular formula is C12H19N3OS. The summed E-state index contributed by atoms with van der Waals surface area (Å²) in [5, 5.41) is 8.63. The fourth-order valence-electron chi connectivity index (χ4n) is 2.27. The Labute approximate surface area is 106 Å². The van der Waals surface area contributed by atoms with E-state index in [-0.39, 0.29) is 5.91 Å². The topological polar surface area (TPSA) is 54.0 Å². The van der Waals surface area contributed by atoms with Gasteiger partial charge in [0, 0.05) is 18.5 Å². The zero-order valence-corrected chi connectivity index (χ0v) is 11.1. The normalized spacial score (nSPS) is 24.4. The van der Waals surface area contributed by atoms with Crippen molar-refractivity contribution in [3.63, 3.8) is 0 Å². The first-order valence-corrected chi connectivity index (χ1v) is 7.03. The second-order valence-electron chi connectivity index (χ2n) is 4.63. The van der Waals surface area contributed by atoms with Crippen molar-refractivity contribution in [1.82, 2.24) is 10.3 Å². The zero-order chi connectivity index (χ0) is 12.3. The van der Waals surface area contributed by atoms with Crippen molar-refractivity contribution in [2.75, 3.05) is 12.4 Å². The summed E-state index contributed by atoms with van der Waals surface area (Å²) >= 11 is 1.46. The van der Waals surface area contributed by atoms with Crippen LogP contribution in [0.5, 0.6) is 0 Å². The standard InChI is InChI=1S/C12H19N3OS/c1-8-5-3-4-6-9(8)14-11(16)10-7-17-12(13-2)15-10/h7-9H,3-6H2,1-2H3,(H,13,15)(H,14,16)/t8-,9+/m0/s1. The Kier molecular flexibility index (Phi) is 3.99. The highest BCUT2D eigenvalue weighted by Crippen LogP contribution is 2.24. The molecule has 2 atom stereocenters. The Morgan fingerprint density at radius 2 is 2.24 bits per heavy atom. The molecule has 1 aliphatic carbocycles. The molecule has 1 aromatic heterocycles. The average molecular weight is 253 g/mol. The van der Waals surface area contributed by atoms with Crippen LogP contribution < -0.4 is 10.6 Å². The van der Waals surface area contributed by atoms with Crippen molar-refractivity contribution in [3.05, 3.63) is 11.1 Å². The maximum atomic E-state index is 12.0. The van der Waals surface area contributed by atoms with Crippen LogP contribution in [-0.4, -0.2) is 24.0 Å². The Bertz CT molecular complexity index is 391. The SMILES string of the molecule is CNc1nc(C(=O)N[C@@H]2CCCC[C@@H]2C)cs1. The first-order chi connectivity index (χ1) is 8.20. The number of amides is 1. The number of anilines is 1. The van der Waals surface area contributed by atoms with Crippen molar-refractivity contribution in [3.8, 4) is 0 Å². The van der Waals surface area contributed by atoms with Crippen molar-refractivity contribution in [2.45, 2.75) is 38.6 Å². The Morgan fingerprint density at radius 3 is 2.88 bits per heavy atom. The van der Waals surface area contributed by atoms with Gasteiger partial charge in [0.2, 0.25) is 0 Å². The Hall–Kier alpha value is -1.10. The lowest BCUT2D eigenvalue weighted by Crippen LogP contribution is -2.41. The van der Waals surface area contributed by atoms with Crippen LogP contribution in [0.15, 0.2) is 5.38 Å². The molecule has 0 spiro atoms. The van der Waals surface area contributed by atoms with Crippen molar-refractivity contribution < 1.29 is 4.79 Å². The van der Waals surface area contributed by atoms with Crippen LogP contribution in [-0.2, 0) is 0 Å². The minimum absolute atomic E-state index is 0.0403. The van der Waals surface area contributed by atoms with Gasteiger partial charge in [0.25, 0.3) is 5.91 Å². The number of hydrogen-bond acceptors (Lipinski definition) is 4. The fraction of sp³-hybridized carbons (Fsp3) is 0.667. The molecule has 2 N–H and O–H groups in total. The quantitative estimate of drug-likeness (QED) is 0.870. The molecule has 1 saturated carbocycles. The summed E-state index contributed by atoms with van der Waals surface area (Å²) in [6.07, 6.45) is 4.81. The van der Waals surface area contributed by atoms with Gasteiger partial charge >= 0.3 is 0 Å². The molecular weight excluding hydrogens is 234 g/mol. The van der Waals surface area contributed by atoms with Crippen LogP contribution in [0, 0.1) is 5.92 Å². The molecule has 94 valence electrons. The molecule has 1 amide bonds. The van der Waals surface area contributed by atoms with Crippen LogP contribution in [0.3, 0.4) is 0 Å². The number of thiazole rings is 1. The van der Waals surface area contributed by atoms with E-state index < -0.39 is 0 Å². The molecule has 1 heterocycles. The van der Waals surface area contributed by atoms with Crippen LogP contribution in [0.2, 0.25) is 0 Å². The summed E-state index contributed by atoms with van der Waals surface area (Å²) in [5.41, 5.74) is 0.525. The molecule has 17 heavy (non-hydrogen) atoms. The first kappa shape index (κ1) is 12.4. The summed E-state index contributed by atoms with van der Waals surface area (Å²) in [7, 11) is 1.81. The number of nitrogens with zero attached hydrogens (tertiary/aromatic N) is 1. The highest BCUT2D eigenvalue weighted by Gasteiger charge is 2.23. The highest BCUT2D eigenvalue weighted by molar-refractivity contribution is 7.13. The number of hydrogen-bond donors (Lipinski definition) is 2. The molecule has 1 fully saturated rings. The van der Waals surface area contributed by atoms with Gasteiger partial charge in [0.1, 0.15) is 5.69 Å². The van der Waals surface area contributed by atoms with Gasteiger partial charge in [-0.25, -0.2) is 4.98 Å². The Morgan fingerprint density at radius 1 is 1.47 bits per heavy atom. The van der Waals surface area contributed by atoms with E-state index in [2.05, 4.69) is 22.5 Å². The van der Waals surface area contributed by atoms with E-state index in [0.29, 0.717) is 17.7 Å². The highest BCUT2D eigenvalue weighted by atomic mass is 32.1. The zero-order valence-electron chi connectivity index (χ0n) is 10.3. The third-order valence-electron chi connectivity index (χ3n) is 3.38. The lowest BCUT2D eigenvalue weighted by atomic mass is 9.86. The molecule has 0 aliphatic heterocycles. The van der Waals surface area contributed by atoms with E-state index in [1.54, 1.807) is 5.38 Å². The predicted molar refractivity (Wildman–Crippen MR) is 70.5 cm³/mol. The van der Waals surface area contributed by atoms with E-state index in [1.165, 1.54) is 30.6 Å². The molecule has 0 aromatic carbocycles. The van der Waals surface area contributed by atoms with Crippen LogP contribution in [0.4, 0.5) is 5.13 Å². The summed E-state index contributed by atoms with van der Waals surface area (Å²) in [5.74, 6) is 0.539. The monoisotopic (exact) mass is 253 g/mol. The van der Waals surface area contributed by atoms with Crippen LogP contribution >= 0.6 is 11.3 Å².